The summed E-state index contributed by atoms with van der Waals surface area (Å²) in [4.78, 5) is 10.9. The number of carbonyl (C=O) groups is 1. The van der Waals surface area contributed by atoms with Crippen LogP contribution in [0.15, 0.2) is 60.7 Å². The van der Waals surface area contributed by atoms with Gasteiger partial charge in [-0.1, -0.05) is 48.5 Å². The molecule has 0 bridgehead atoms. The molecule has 4 heteroatoms. The molecule has 2 aromatic carbocycles. The number of hydrogen-bond donors (Lipinski definition) is 2. The first-order chi connectivity index (χ1) is 9.63. The van der Waals surface area contributed by atoms with Gasteiger partial charge in [-0.2, -0.15) is 5.26 Å². The molecule has 0 spiro atoms. The van der Waals surface area contributed by atoms with Gasteiger partial charge >= 0.3 is 0 Å². The van der Waals surface area contributed by atoms with Crippen LogP contribution in [0.25, 0.3) is 0 Å². The summed E-state index contributed by atoms with van der Waals surface area (Å²) < 4.78 is 0. The normalized spacial score (nSPS) is 13.0. The third-order valence-corrected chi connectivity index (χ3v) is 3.21. The van der Waals surface area contributed by atoms with Gasteiger partial charge in [-0.05, 0) is 17.7 Å². The van der Waals surface area contributed by atoms with Crippen LogP contribution in [0.1, 0.15) is 15.9 Å². The fourth-order valence-corrected chi connectivity index (χ4v) is 2.14. The standard InChI is InChI=1S/C16H14N2OS/c17-12-16(20,11-13-7-3-1-4-8-13)18-15(19)14-9-5-2-6-10-14/h1-10,20H,11H2,(H,18,19). The summed E-state index contributed by atoms with van der Waals surface area (Å²) in [7, 11) is 0. The second-order valence-electron chi connectivity index (χ2n) is 4.45. The first-order valence-electron chi connectivity index (χ1n) is 6.18. The first kappa shape index (κ1) is 14.2. The highest BCUT2D eigenvalue weighted by Gasteiger charge is 2.28. The van der Waals surface area contributed by atoms with E-state index in [-0.39, 0.29) is 5.91 Å². The van der Waals surface area contributed by atoms with Crippen molar-refractivity contribution in [1.29, 1.82) is 5.26 Å². The second kappa shape index (κ2) is 6.27. The maximum atomic E-state index is 12.1. The minimum atomic E-state index is -1.23. The molecule has 0 saturated carbocycles. The molecule has 20 heavy (non-hydrogen) atoms. The summed E-state index contributed by atoms with van der Waals surface area (Å²) in [6.45, 7) is 0. The van der Waals surface area contributed by atoms with Crippen molar-refractivity contribution < 1.29 is 4.79 Å². The number of nitrogens with one attached hydrogen (secondary N) is 1. The van der Waals surface area contributed by atoms with Crippen molar-refractivity contribution in [2.75, 3.05) is 0 Å². The maximum absolute atomic E-state index is 12.1. The van der Waals surface area contributed by atoms with E-state index in [4.69, 9.17) is 0 Å². The highest BCUT2D eigenvalue weighted by Crippen LogP contribution is 2.18. The Bertz CT molecular complexity index is 622. The van der Waals surface area contributed by atoms with Crippen LogP contribution < -0.4 is 5.32 Å². The number of hydrogen-bond acceptors (Lipinski definition) is 3. The van der Waals surface area contributed by atoms with Gasteiger partial charge in [-0.15, -0.1) is 12.6 Å². The van der Waals surface area contributed by atoms with Gasteiger partial charge in [-0.3, -0.25) is 4.79 Å². The summed E-state index contributed by atoms with van der Waals surface area (Å²) in [6, 6.07) is 20.3. The van der Waals surface area contributed by atoms with Gasteiger partial charge < -0.3 is 5.32 Å². The third kappa shape index (κ3) is 3.62. The molecule has 2 rings (SSSR count). The lowest BCUT2D eigenvalue weighted by Gasteiger charge is -2.22. The van der Waals surface area contributed by atoms with E-state index in [2.05, 4.69) is 24.0 Å². The molecule has 0 aliphatic carbocycles. The average Bonchev–Trinajstić information content (AvgIpc) is 2.49. The zero-order valence-electron chi connectivity index (χ0n) is 10.8. The zero-order valence-corrected chi connectivity index (χ0v) is 11.7. The monoisotopic (exact) mass is 282 g/mol. The van der Waals surface area contributed by atoms with E-state index >= 15 is 0 Å². The van der Waals surface area contributed by atoms with Crippen LogP contribution in [0.4, 0.5) is 0 Å². The fourth-order valence-electron chi connectivity index (χ4n) is 1.85. The van der Waals surface area contributed by atoms with E-state index in [1.54, 1.807) is 24.3 Å². The van der Waals surface area contributed by atoms with E-state index in [0.29, 0.717) is 12.0 Å². The summed E-state index contributed by atoms with van der Waals surface area (Å²) >= 11 is 4.33. The van der Waals surface area contributed by atoms with Crippen molar-refractivity contribution in [2.24, 2.45) is 0 Å². The van der Waals surface area contributed by atoms with Crippen molar-refractivity contribution >= 4 is 18.5 Å². The van der Waals surface area contributed by atoms with Crippen molar-refractivity contribution in [3.8, 4) is 6.07 Å². The Morgan fingerprint density at radius 3 is 2.20 bits per heavy atom. The molecule has 0 heterocycles. The van der Waals surface area contributed by atoms with E-state index in [0.717, 1.165) is 5.56 Å². The number of nitriles is 1. The first-order valence-corrected chi connectivity index (χ1v) is 6.63. The average molecular weight is 282 g/mol. The van der Waals surface area contributed by atoms with E-state index in [1.807, 2.05) is 36.4 Å². The minimum Gasteiger partial charge on any atom is -0.325 e. The fraction of sp³-hybridized carbons (Fsp3) is 0.125. The zero-order chi connectivity index (χ0) is 14.4. The molecule has 0 saturated heterocycles. The molecule has 3 nitrogen and oxygen atoms in total. The van der Waals surface area contributed by atoms with Crippen molar-refractivity contribution in [2.45, 2.75) is 11.3 Å². The Kier molecular flexibility index (Phi) is 4.44. The highest BCUT2D eigenvalue weighted by molar-refractivity contribution is 7.82. The van der Waals surface area contributed by atoms with E-state index in [9.17, 15) is 10.1 Å². The lowest BCUT2D eigenvalue weighted by Crippen LogP contribution is -2.44. The molecule has 0 radical (unpaired) electrons. The van der Waals surface area contributed by atoms with Crippen LogP contribution in [-0.2, 0) is 6.42 Å². The van der Waals surface area contributed by atoms with Gasteiger partial charge in [0.1, 0.15) is 6.07 Å². The number of thiol groups is 1. The predicted molar refractivity (Wildman–Crippen MR) is 81.4 cm³/mol. The lowest BCUT2D eigenvalue weighted by molar-refractivity contribution is 0.0940. The molecule has 1 N–H and O–H groups in total. The van der Waals surface area contributed by atoms with E-state index < -0.39 is 4.87 Å². The smallest absolute Gasteiger partial charge is 0.253 e. The van der Waals surface area contributed by atoms with Gasteiger partial charge in [0.15, 0.2) is 4.87 Å². The number of carbonyl (C=O) groups excluding carboxylic acids is 1. The molecule has 1 amide bonds. The van der Waals surface area contributed by atoms with E-state index in [1.165, 1.54) is 0 Å². The minimum absolute atomic E-state index is 0.307. The Hall–Kier alpha value is -2.25. The second-order valence-corrected chi connectivity index (χ2v) is 5.22. The molecule has 2 aromatic rings. The lowest BCUT2D eigenvalue weighted by atomic mass is 10.1. The van der Waals surface area contributed by atoms with Crippen LogP contribution in [0.3, 0.4) is 0 Å². The highest BCUT2D eigenvalue weighted by atomic mass is 32.1. The van der Waals surface area contributed by atoms with Gasteiger partial charge in [0.05, 0.1) is 0 Å². The maximum Gasteiger partial charge on any atom is 0.253 e. The largest absolute Gasteiger partial charge is 0.325 e. The van der Waals surface area contributed by atoms with Crippen LogP contribution in [0.5, 0.6) is 0 Å². The molecular formula is C16H14N2OS. The molecule has 0 aliphatic rings. The Labute approximate surface area is 123 Å². The Morgan fingerprint density at radius 1 is 1.10 bits per heavy atom. The number of benzene rings is 2. The Balaban J connectivity index is 2.12. The van der Waals surface area contributed by atoms with Crippen LogP contribution in [0, 0.1) is 11.3 Å². The number of rotatable bonds is 4. The SMILES string of the molecule is N#CC(S)(Cc1ccccc1)NC(=O)c1ccccc1. The molecule has 0 aromatic heterocycles. The molecule has 100 valence electrons. The van der Waals surface area contributed by atoms with Crippen LogP contribution >= 0.6 is 12.6 Å². The number of nitrogens with zero attached hydrogens (tertiary/aromatic N) is 1. The molecule has 0 aliphatic heterocycles. The van der Waals surface area contributed by atoms with Gasteiger partial charge in [-0.25, -0.2) is 0 Å². The van der Waals surface area contributed by atoms with Gasteiger partial charge in [0, 0.05) is 12.0 Å². The summed E-state index contributed by atoms with van der Waals surface area (Å²) in [5.74, 6) is -0.307. The van der Waals surface area contributed by atoms with Crippen molar-refractivity contribution in [3.63, 3.8) is 0 Å². The van der Waals surface area contributed by atoms with Crippen LogP contribution in [-0.4, -0.2) is 10.8 Å². The third-order valence-electron chi connectivity index (χ3n) is 2.84. The Morgan fingerprint density at radius 2 is 1.65 bits per heavy atom. The molecule has 1 unspecified atom stereocenters. The molecule has 1 atom stereocenters. The molecule has 0 fully saturated rings. The van der Waals surface area contributed by atoms with Crippen molar-refractivity contribution in [1.82, 2.24) is 5.32 Å². The van der Waals surface area contributed by atoms with Crippen molar-refractivity contribution in [3.05, 3.63) is 71.8 Å². The predicted octanol–water partition coefficient (Wildman–Crippen LogP) is 2.81. The summed E-state index contributed by atoms with van der Waals surface area (Å²) in [6.07, 6.45) is 0.339. The quantitative estimate of drug-likeness (QED) is 0.669. The van der Waals surface area contributed by atoms with Crippen LogP contribution in [0.2, 0.25) is 0 Å². The van der Waals surface area contributed by atoms with Gasteiger partial charge in [0.25, 0.3) is 5.91 Å². The topological polar surface area (TPSA) is 52.9 Å². The van der Waals surface area contributed by atoms with Gasteiger partial charge in [0.2, 0.25) is 0 Å². The molecular weight excluding hydrogens is 268 g/mol. The summed E-state index contributed by atoms with van der Waals surface area (Å²) in [5, 5.41) is 12.0. The summed E-state index contributed by atoms with van der Waals surface area (Å²) in [5.41, 5.74) is 1.45. The number of amides is 1.